The number of anilines is 1. The van der Waals surface area contributed by atoms with Crippen molar-refractivity contribution in [2.45, 2.75) is 26.8 Å². The molecule has 0 aliphatic rings. The molecule has 0 unspecified atom stereocenters. The molecule has 0 aliphatic carbocycles. The summed E-state index contributed by atoms with van der Waals surface area (Å²) in [6.45, 7) is 4.58. The number of carbonyl (C=O) groups is 1. The highest BCUT2D eigenvalue weighted by atomic mass is 32.1. The molecule has 0 saturated carbocycles. The van der Waals surface area contributed by atoms with Crippen molar-refractivity contribution in [3.8, 4) is 5.88 Å². The quantitative estimate of drug-likeness (QED) is 0.323. The highest BCUT2D eigenvalue weighted by Gasteiger charge is 2.11. The van der Waals surface area contributed by atoms with Gasteiger partial charge in [0.15, 0.2) is 0 Å². The zero-order chi connectivity index (χ0) is 20.6. The number of aromatic hydroxyl groups is 1. The van der Waals surface area contributed by atoms with Gasteiger partial charge >= 0.3 is 5.97 Å². The van der Waals surface area contributed by atoms with Crippen LogP contribution in [0.3, 0.4) is 0 Å². The lowest BCUT2D eigenvalue weighted by Gasteiger charge is -2.00. The maximum Gasteiger partial charge on any atom is 0.311 e. The molecule has 0 amide bonds. The number of aliphatic imine (C=N–C) groups is 1. The third-order valence-corrected chi connectivity index (χ3v) is 5.54. The van der Waals surface area contributed by atoms with Crippen LogP contribution >= 0.6 is 22.7 Å². The summed E-state index contributed by atoms with van der Waals surface area (Å²) >= 11 is 2.65. The summed E-state index contributed by atoms with van der Waals surface area (Å²) in [7, 11) is 0. The average molecular weight is 432 g/mol. The van der Waals surface area contributed by atoms with E-state index in [1.807, 2.05) is 37.3 Å². The van der Waals surface area contributed by atoms with Crippen LogP contribution in [-0.4, -0.2) is 33.4 Å². The van der Waals surface area contributed by atoms with Gasteiger partial charge in [0.1, 0.15) is 4.88 Å². The Morgan fingerprint density at radius 2 is 2.14 bits per heavy atom. The topological polar surface area (TPSA) is 101 Å². The third-order valence-electron chi connectivity index (χ3n) is 3.74. The fourth-order valence-electron chi connectivity index (χ4n) is 2.42. The second-order valence-electron chi connectivity index (χ2n) is 5.76. The number of thiazole rings is 2. The summed E-state index contributed by atoms with van der Waals surface area (Å²) in [5.74, 6) is -0.199. The van der Waals surface area contributed by atoms with Gasteiger partial charge in [0.2, 0.25) is 15.8 Å². The summed E-state index contributed by atoms with van der Waals surface area (Å²) in [5.41, 5.74) is 4.32. The molecule has 0 radical (unpaired) electrons. The van der Waals surface area contributed by atoms with Crippen LogP contribution in [0, 0.1) is 0 Å². The molecule has 0 bridgehead atoms. The summed E-state index contributed by atoms with van der Waals surface area (Å²) < 4.78 is 6.60. The zero-order valence-electron chi connectivity index (χ0n) is 16.0. The highest BCUT2D eigenvalue weighted by molar-refractivity contribution is 7.13. The summed E-state index contributed by atoms with van der Waals surface area (Å²) in [5, 5.41) is 17.2. The normalized spacial score (nSPS) is 11.9. The van der Waals surface area contributed by atoms with Gasteiger partial charge in [-0.15, -0.1) is 16.4 Å². The predicted molar refractivity (Wildman–Crippen MR) is 115 cm³/mol. The number of carbonyl (C=O) groups excluding carboxylic acids is 1. The maximum absolute atomic E-state index is 11.5. The van der Waals surface area contributed by atoms with Gasteiger partial charge in [0, 0.05) is 11.9 Å². The summed E-state index contributed by atoms with van der Waals surface area (Å²) in [6.07, 6.45) is 1.75. The van der Waals surface area contributed by atoms with Crippen LogP contribution in [-0.2, 0) is 22.5 Å². The molecule has 2 heterocycles. The number of para-hydroxylation sites is 1. The number of hydrogen-bond donors (Lipinski definition) is 2. The van der Waals surface area contributed by atoms with Crippen molar-refractivity contribution in [3.63, 3.8) is 0 Å². The lowest BCUT2D eigenvalue weighted by atomic mass is 10.3. The molecular weight excluding hydrogens is 410 g/mol. The Hall–Kier alpha value is -2.98. The van der Waals surface area contributed by atoms with E-state index in [9.17, 15) is 9.90 Å². The number of nitrogens with one attached hydrogen (secondary N) is 1. The SMILES string of the molecule is CCOC(=O)Cc1csc(N/N=c2/sc(C=Nc3ccccc3)c(O)n2CC)n1. The number of ether oxygens (including phenoxy) is 1. The van der Waals surface area contributed by atoms with E-state index >= 15 is 0 Å². The first-order valence-corrected chi connectivity index (χ1v) is 10.7. The van der Waals surface area contributed by atoms with Crippen LogP contribution in [0.25, 0.3) is 0 Å². The Kier molecular flexibility index (Phi) is 7.14. The second kappa shape index (κ2) is 9.99. The average Bonchev–Trinajstić information content (AvgIpc) is 3.29. The highest BCUT2D eigenvalue weighted by Crippen LogP contribution is 2.20. The standard InChI is InChI=1S/C19H21N5O3S2/c1-3-24-17(26)15(11-20-13-8-6-5-7-9-13)29-19(24)23-22-18-21-14(12-28-18)10-16(25)27-4-2/h5-9,11-12,26H,3-4,10H2,1-2H3,(H,21,22)/b20-11?,23-19+. The molecule has 2 N–H and O–H groups in total. The lowest BCUT2D eigenvalue weighted by molar-refractivity contribution is -0.142. The van der Waals surface area contributed by atoms with Crippen molar-refractivity contribution in [1.29, 1.82) is 0 Å². The number of nitrogens with zero attached hydrogens (tertiary/aromatic N) is 4. The molecular formula is C19H21N5O3S2. The molecule has 3 aromatic rings. The number of hydrogen-bond acceptors (Lipinski definition) is 9. The largest absolute Gasteiger partial charge is 0.493 e. The van der Waals surface area contributed by atoms with Crippen molar-refractivity contribution in [3.05, 3.63) is 51.1 Å². The Balaban J connectivity index is 1.76. The van der Waals surface area contributed by atoms with E-state index < -0.39 is 0 Å². The van der Waals surface area contributed by atoms with Crippen LogP contribution in [0.4, 0.5) is 10.8 Å². The Bertz CT molecular complexity index is 1050. The zero-order valence-corrected chi connectivity index (χ0v) is 17.7. The van der Waals surface area contributed by atoms with E-state index in [0.29, 0.717) is 33.7 Å². The molecule has 2 aromatic heterocycles. The molecule has 29 heavy (non-hydrogen) atoms. The first-order chi connectivity index (χ1) is 14.1. The lowest BCUT2D eigenvalue weighted by Crippen LogP contribution is -2.15. The third kappa shape index (κ3) is 5.52. The molecule has 0 aliphatic heterocycles. The number of benzene rings is 1. The minimum Gasteiger partial charge on any atom is -0.493 e. The minimum absolute atomic E-state index is 0.111. The van der Waals surface area contributed by atoms with Gasteiger partial charge in [0.25, 0.3) is 0 Å². The van der Waals surface area contributed by atoms with E-state index in [2.05, 4.69) is 20.5 Å². The Morgan fingerprint density at radius 3 is 2.86 bits per heavy atom. The summed E-state index contributed by atoms with van der Waals surface area (Å²) in [6, 6.07) is 9.51. The minimum atomic E-state index is -0.310. The van der Waals surface area contributed by atoms with Crippen molar-refractivity contribution < 1.29 is 14.6 Å². The molecule has 152 valence electrons. The maximum atomic E-state index is 11.5. The smallest absolute Gasteiger partial charge is 0.311 e. The molecule has 0 spiro atoms. The molecule has 8 nitrogen and oxygen atoms in total. The monoisotopic (exact) mass is 431 g/mol. The van der Waals surface area contributed by atoms with E-state index in [-0.39, 0.29) is 18.3 Å². The molecule has 0 atom stereocenters. The van der Waals surface area contributed by atoms with Crippen LogP contribution in [0.1, 0.15) is 24.4 Å². The van der Waals surface area contributed by atoms with Gasteiger partial charge in [-0.2, -0.15) is 0 Å². The molecule has 0 saturated heterocycles. The van der Waals surface area contributed by atoms with E-state index in [1.165, 1.54) is 22.7 Å². The molecule has 3 rings (SSSR count). The second-order valence-corrected chi connectivity index (χ2v) is 7.63. The van der Waals surface area contributed by atoms with Gasteiger partial charge in [-0.3, -0.25) is 14.4 Å². The van der Waals surface area contributed by atoms with Crippen molar-refractivity contribution in [2.75, 3.05) is 12.0 Å². The fourth-order valence-corrected chi connectivity index (χ4v) is 3.99. The van der Waals surface area contributed by atoms with Crippen LogP contribution in [0.2, 0.25) is 0 Å². The molecule has 10 heteroatoms. The molecule has 1 aromatic carbocycles. The Morgan fingerprint density at radius 1 is 1.34 bits per heavy atom. The van der Waals surface area contributed by atoms with Gasteiger partial charge in [-0.1, -0.05) is 29.5 Å². The van der Waals surface area contributed by atoms with Crippen LogP contribution in [0.5, 0.6) is 5.88 Å². The number of esters is 1. The fraction of sp³-hybridized carbons (Fsp3) is 0.263. The van der Waals surface area contributed by atoms with Gasteiger partial charge in [0.05, 0.1) is 30.6 Å². The van der Waals surface area contributed by atoms with Crippen LogP contribution in [0.15, 0.2) is 45.8 Å². The Labute approximate surface area is 175 Å². The number of rotatable bonds is 8. The predicted octanol–water partition coefficient (Wildman–Crippen LogP) is 3.52. The van der Waals surface area contributed by atoms with E-state index in [0.717, 1.165) is 5.69 Å². The number of aromatic nitrogens is 2. The first kappa shape index (κ1) is 20.7. The van der Waals surface area contributed by atoms with E-state index in [4.69, 9.17) is 4.74 Å². The van der Waals surface area contributed by atoms with Crippen molar-refractivity contribution in [1.82, 2.24) is 9.55 Å². The summed E-state index contributed by atoms with van der Waals surface area (Å²) in [4.78, 5) is 21.5. The van der Waals surface area contributed by atoms with Gasteiger partial charge in [-0.05, 0) is 26.0 Å². The first-order valence-electron chi connectivity index (χ1n) is 9.02. The van der Waals surface area contributed by atoms with E-state index in [1.54, 1.807) is 23.1 Å². The van der Waals surface area contributed by atoms with Gasteiger partial charge < -0.3 is 9.84 Å². The van der Waals surface area contributed by atoms with Gasteiger partial charge in [-0.25, -0.2) is 10.4 Å². The van der Waals surface area contributed by atoms with Crippen LogP contribution < -0.4 is 10.2 Å². The van der Waals surface area contributed by atoms with Crippen molar-refractivity contribution >= 4 is 45.7 Å². The molecule has 0 fully saturated rings. The van der Waals surface area contributed by atoms with Crippen molar-refractivity contribution in [2.24, 2.45) is 10.1 Å².